The zero-order valence-corrected chi connectivity index (χ0v) is 22.9. The fourth-order valence-corrected chi connectivity index (χ4v) is 7.59. The Morgan fingerprint density at radius 1 is 0.949 bits per heavy atom. The van der Waals surface area contributed by atoms with Crippen LogP contribution in [0.3, 0.4) is 0 Å². The number of aryl methyl sites for hydroxylation is 3. The van der Waals surface area contributed by atoms with E-state index in [1.54, 1.807) is 0 Å². The molecule has 202 valence electrons. The molecule has 2 saturated heterocycles. The zero-order valence-electron chi connectivity index (χ0n) is 22.0. The summed E-state index contributed by atoms with van der Waals surface area (Å²) < 4.78 is 0. The third kappa shape index (κ3) is 4.33. The minimum atomic E-state index is -0.537. The molecule has 3 aliphatic heterocycles. The van der Waals surface area contributed by atoms with Crippen LogP contribution >= 0.6 is 11.3 Å². The van der Waals surface area contributed by atoms with E-state index >= 15 is 0 Å². The van der Waals surface area contributed by atoms with Crippen molar-refractivity contribution in [3.05, 3.63) is 51.2 Å². The molecule has 5 heterocycles. The zero-order chi connectivity index (χ0) is 26.7. The molecule has 39 heavy (non-hydrogen) atoms. The molecule has 2 aromatic heterocycles. The fraction of sp³-hybridized carbons (Fsp3) is 0.464. The Balaban J connectivity index is 1.03. The summed E-state index contributed by atoms with van der Waals surface area (Å²) in [6.07, 6.45) is 5.00. The summed E-state index contributed by atoms with van der Waals surface area (Å²) in [5.74, 6) is 1.44. The largest absolute Gasteiger partial charge is 0.353 e. The number of anilines is 1. The smallest absolute Gasteiger partial charge is 0.342 e. The van der Waals surface area contributed by atoms with E-state index in [0.717, 1.165) is 73.2 Å². The summed E-state index contributed by atoms with van der Waals surface area (Å²) in [6.45, 7) is 7.04. The van der Waals surface area contributed by atoms with E-state index in [4.69, 9.17) is 9.97 Å². The molecule has 0 unspecified atom stereocenters. The van der Waals surface area contributed by atoms with Crippen LogP contribution in [0.1, 0.15) is 57.0 Å². The number of benzene rings is 1. The second-order valence-corrected chi connectivity index (χ2v) is 11.9. The van der Waals surface area contributed by atoms with Gasteiger partial charge in [0.15, 0.2) is 0 Å². The van der Waals surface area contributed by atoms with Gasteiger partial charge in [-0.2, -0.15) is 0 Å². The van der Waals surface area contributed by atoms with Crippen LogP contribution in [0.2, 0.25) is 0 Å². The summed E-state index contributed by atoms with van der Waals surface area (Å²) in [7, 11) is 0. The van der Waals surface area contributed by atoms with Crippen molar-refractivity contribution in [2.24, 2.45) is 0 Å². The molecule has 0 radical (unpaired) electrons. The number of imide groups is 1. The van der Waals surface area contributed by atoms with Crippen LogP contribution in [0.25, 0.3) is 10.2 Å². The number of hydrogen-bond acceptors (Lipinski definition) is 8. The van der Waals surface area contributed by atoms with E-state index in [2.05, 4.69) is 21.2 Å². The predicted octanol–water partition coefficient (Wildman–Crippen LogP) is 3.01. The highest BCUT2D eigenvalue weighted by molar-refractivity contribution is 7.19. The van der Waals surface area contributed by atoms with E-state index in [1.165, 1.54) is 38.7 Å². The number of hydrogen-bond donors (Lipinski definition) is 1. The van der Waals surface area contributed by atoms with Crippen molar-refractivity contribution in [3.8, 4) is 0 Å². The van der Waals surface area contributed by atoms with Crippen molar-refractivity contribution in [1.82, 2.24) is 30.2 Å². The molecule has 1 aliphatic carbocycles. The molecular formula is C28H31N7O3S. The molecule has 11 heteroatoms. The molecule has 4 amide bonds. The number of amides is 4. The van der Waals surface area contributed by atoms with Gasteiger partial charge in [0.1, 0.15) is 16.5 Å². The summed E-state index contributed by atoms with van der Waals surface area (Å²) in [5, 5.41) is 6.38. The fourth-order valence-electron chi connectivity index (χ4n) is 6.28. The first-order valence-electron chi connectivity index (χ1n) is 13.8. The van der Waals surface area contributed by atoms with Gasteiger partial charge >= 0.3 is 6.03 Å². The number of aromatic nitrogens is 2. The molecule has 0 saturated carbocycles. The molecule has 1 N–H and O–H groups in total. The normalized spacial score (nSPS) is 20.0. The van der Waals surface area contributed by atoms with Gasteiger partial charge in [-0.25, -0.2) is 24.8 Å². The number of urea groups is 1. The highest BCUT2D eigenvalue weighted by atomic mass is 32.1. The summed E-state index contributed by atoms with van der Waals surface area (Å²) in [4.78, 5) is 54.0. The second kappa shape index (κ2) is 9.56. The third-order valence-electron chi connectivity index (χ3n) is 8.26. The van der Waals surface area contributed by atoms with Gasteiger partial charge in [0.2, 0.25) is 5.91 Å². The number of carbonyl (C=O) groups is 3. The van der Waals surface area contributed by atoms with Crippen molar-refractivity contribution in [2.45, 2.75) is 52.1 Å². The number of nitrogens with zero attached hydrogens (tertiary/aromatic N) is 6. The van der Waals surface area contributed by atoms with Gasteiger partial charge in [-0.1, -0.05) is 12.1 Å². The molecule has 0 atom stereocenters. The highest BCUT2D eigenvalue weighted by Gasteiger charge is 2.37. The molecule has 0 spiro atoms. The van der Waals surface area contributed by atoms with Gasteiger partial charge in [0.25, 0.3) is 5.91 Å². The maximum atomic E-state index is 13.0. The molecule has 2 fully saturated rings. The number of thiophene rings is 1. The topological polar surface area (TPSA) is 102 Å². The lowest BCUT2D eigenvalue weighted by molar-refractivity contribution is -0.123. The van der Waals surface area contributed by atoms with Crippen LogP contribution in [0.5, 0.6) is 0 Å². The van der Waals surface area contributed by atoms with Gasteiger partial charge < -0.3 is 4.90 Å². The Morgan fingerprint density at radius 3 is 2.59 bits per heavy atom. The monoisotopic (exact) mass is 545 g/mol. The number of fused-ring (bicyclic) bond motifs is 4. The lowest BCUT2D eigenvalue weighted by atomic mass is 9.97. The maximum absolute atomic E-state index is 13.0. The Kier molecular flexibility index (Phi) is 6.00. The summed E-state index contributed by atoms with van der Waals surface area (Å²) in [6, 6.07) is 5.43. The minimum Gasteiger partial charge on any atom is -0.353 e. The van der Waals surface area contributed by atoms with Gasteiger partial charge in [-0.05, 0) is 55.4 Å². The second-order valence-electron chi connectivity index (χ2n) is 10.8. The van der Waals surface area contributed by atoms with E-state index in [-0.39, 0.29) is 24.8 Å². The number of piperazine rings is 1. The Hall–Kier alpha value is -3.57. The van der Waals surface area contributed by atoms with Crippen LogP contribution < -0.4 is 10.2 Å². The van der Waals surface area contributed by atoms with Crippen molar-refractivity contribution < 1.29 is 14.4 Å². The SMILES string of the molecule is Cc1nc(N2CCN(Cc3ccc4c(c3)CN(N3CCC(=O)NC3=O)C4=O)CC2)c2c3c(sc2n1)CCCC3. The standard InChI is InChI=1S/C28H31N7O3S/c1-17-29-25(24-21-4-2-3-5-22(21)39-26(24)30-17)33-12-10-32(11-13-33)15-18-6-7-20-19(14-18)16-35(27(20)37)34-9-8-23(36)31-28(34)38/h6-7,14H,2-5,8-13,15-16H2,1H3,(H,31,36,38). The van der Waals surface area contributed by atoms with Gasteiger partial charge in [-0.15, -0.1) is 11.3 Å². The molecule has 4 aliphatic rings. The van der Waals surface area contributed by atoms with Crippen molar-refractivity contribution in [1.29, 1.82) is 0 Å². The first-order chi connectivity index (χ1) is 18.9. The van der Waals surface area contributed by atoms with E-state index < -0.39 is 6.03 Å². The quantitative estimate of drug-likeness (QED) is 0.538. The lowest BCUT2D eigenvalue weighted by Gasteiger charge is -2.36. The van der Waals surface area contributed by atoms with Crippen molar-refractivity contribution >= 4 is 45.2 Å². The first-order valence-corrected chi connectivity index (χ1v) is 14.6. The summed E-state index contributed by atoms with van der Waals surface area (Å²) in [5.41, 5.74) is 4.17. The van der Waals surface area contributed by atoms with E-state index in [0.29, 0.717) is 12.1 Å². The van der Waals surface area contributed by atoms with Gasteiger partial charge in [0, 0.05) is 49.6 Å². The molecular weight excluding hydrogens is 514 g/mol. The van der Waals surface area contributed by atoms with Crippen LogP contribution in [0, 0.1) is 6.92 Å². The maximum Gasteiger partial charge on any atom is 0.342 e. The van der Waals surface area contributed by atoms with Crippen LogP contribution in [-0.4, -0.2) is 75.5 Å². The number of carbonyl (C=O) groups excluding carboxylic acids is 3. The molecule has 3 aromatic rings. The average Bonchev–Trinajstić information content (AvgIpc) is 3.45. The Labute approximate surface area is 230 Å². The minimum absolute atomic E-state index is 0.193. The number of nitrogens with one attached hydrogen (secondary N) is 1. The van der Waals surface area contributed by atoms with Crippen molar-refractivity contribution in [2.75, 3.05) is 37.6 Å². The predicted molar refractivity (Wildman–Crippen MR) is 147 cm³/mol. The van der Waals surface area contributed by atoms with E-state index in [9.17, 15) is 14.4 Å². The van der Waals surface area contributed by atoms with Crippen LogP contribution in [-0.2, 0) is 30.7 Å². The highest BCUT2D eigenvalue weighted by Crippen LogP contribution is 2.40. The molecule has 10 nitrogen and oxygen atoms in total. The van der Waals surface area contributed by atoms with Crippen LogP contribution in [0.4, 0.5) is 10.6 Å². The van der Waals surface area contributed by atoms with Crippen LogP contribution in [0.15, 0.2) is 18.2 Å². The van der Waals surface area contributed by atoms with Gasteiger partial charge in [-0.3, -0.25) is 19.8 Å². The number of hydrazine groups is 1. The Morgan fingerprint density at radius 2 is 1.77 bits per heavy atom. The Bertz CT molecular complexity index is 1510. The van der Waals surface area contributed by atoms with E-state index in [1.807, 2.05) is 30.4 Å². The van der Waals surface area contributed by atoms with Gasteiger partial charge in [0.05, 0.1) is 18.5 Å². The first kappa shape index (κ1) is 24.5. The average molecular weight is 546 g/mol. The molecule has 0 bridgehead atoms. The summed E-state index contributed by atoms with van der Waals surface area (Å²) >= 11 is 1.86. The lowest BCUT2D eigenvalue weighted by Crippen LogP contribution is -2.56. The third-order valence-corrected chi connectivity index (χ3v) is 9.45. The molecule has 7 rings (SSSR count). The number of rotatable bonds is 4. The van der Waals surface area contributed by atoms with Crippen molar-refractivity contribution in [3.63, 3.8) is 0 Å². The molecule has 1 aromatic carbocycles.